The first kappa shape index (κ1) is 22.3. The number of carbonyl (C=O) groups is 1. The molecule has 172 valence electrons. The van der Waals surface area contributed by atoms with Crippen molar-refractivity contribution in [1.29, 1.82) is 0 Å². The number of methoxy groups -OCH3 is 1. The fourth-order valence-electron chi connectivity index (χ4n) is 4.51. The Hall–Kier alpha value is -2.95. The Morgan fingerprint density at radius 2 is 2.16 bits per heavy atom. The molecular formula is C21H21F4N3O4. The second-order valence-corrected chi connectivity index (χ2v) is 8.15. The maximum atomic E-state index is 14.1. The lowest BCUT2D eigenvalue weighted by atomic mass is 10.0. The number of aromatic amines is 1. The summed E-state index contributed by atoms with van der Waals surface area (Å²) in [5.74, 6) is -1.94. The lowest BCUT2D eigenvalue weighted by Gasteiger charge is -2.20. The molecular weight excluding hydrogens is 434 g/mol. The zero-order valence-corrected chi connectivity index (χ0v) is 17.1. The van der Waals surface area contributed by atoms with Crippen molar-refractivity contribution in [3.63, 3.8) is 0 Å². The molecule has 1 amide bonds. The third-order valence-electron chi connectivity index (χ3n) is 6.08. The van der Waals surface area contributed by atoms with Crippen LogP contribution in [0.5, 0.6) is 5.75 Å². The Labute approximate surface area is 180 Å². The smallest absolute Gasteiger partial charge is 0.403 e. The minimum atomic E-state index is -5.04. The van der Waals surface area contributed by atoms with Crippen molar-refractivity contribution in [1.82, 2.24) is 15.3 Å². The van der Waals surface area contributed by atoms with Crippen molar-refractivity contribution in [3.8, 4) is 5.75 Å². The average molecular weight is 455 g/mol. The Kier molecular flexibility index (Phi) is 5.70. The van der Waals surface area contributed by atoms with Gasteiger partial charge in [-0.2, -0.15) is 0 Å². The predicted molar refractivity (Wildman–Crippen MR) is 104 cm³/mol. The highest BCUT2D eigenvalue weighted by atomic mass is 19.4. The highest BCUT2D eigenvalue weighted by Crippen LogP contribution is 2.63. The monoisotopic (exact) mass is 455 g/mol. The summed E-state index contributed by atoms with van der Waals surface area (Å²) in [6.07, 6.45) is -1.09. The van der Waals surface area contributed by atoms with Crippen LogP contribution < -0.4 is 15.6 Å². The Bertz CT molecular complexity index is 1090. The lowest BCUT2D eigenvalue weighted by molar-refractivity contribution is -0.275. The van der Waals surface area contributed by atoms with Gasteiger partial charge in [0.25, 0.3) is 11.5 Å². The number of ether oxygens (including phenoxy) is 2. The van der Waals surface area contributed by atoms with Crippen LogP contribution in [0.15, 0.2) is 29.1 Å². The van der Waals surface area contributed by atoms with Crippen LogP contribution in [0.25, 0.3) is 0 Å². The molecule has 2 aromatic rings. The van der Waals surface area contributed by atoms with Crippen LogP contribution in [-0.4, -0.2) is 36.0 Å². The second-order valence-electron chi connectivity index (χ2n) is 8.15. The zero-order valence-electron chi connectivity index (χ0n) is 17.1. The fourth-order valence-corrected chi connectivity index (χ4v) is 4.51. The number of alkyl halides is 3. The number of rotatable bonds is 7. The number of carbonyl (C=O) groups excluding carboxylic acids is 1. The highest BCUT2D eigenvalue weighted by molar-refractivity contribution is 5.92. The summed E-state index contributed by atoms with van der Waals surface area (Å²) in [7, 11) is 1.35. The SMILES string of the molecule is COCC(NC(=O)c1cc(=O)[nH]c(C23CCCC2C3)n1)c1ccc(OC(F)(F)F)c(F)c1. The molecule has 0 saturated heterocycles. The molecule has 2 fully saturated rings. The molecule has 7 nitrogen and oxygen atoms in total. The van der Waals surface area contributed by atoms with E-state index in [1.54, 1.807) is 0 Å². The summed E-state index contributed by atoms with van der Waals surface area (Å²) < 4.78 is 59.9. The Morgan fingerprint density at radius 3 is 2.75 bits per heavy atom. The van der Waals surface area contributed by atoms with Crippen molar-refractivity contribution in [2.75, 3.05) is 13.7 Å². The largest absolute Gasteiger partial charge is 0.573 e. The molecule has 3 unspecified atom stereocenters. The van der Waals surface area contributed by atoms with E-state index in [1.165, 1.54) is 13.2 Å². The van der Waals surface area contributed by atoms with E-state index in [4.69, 9.17) is 4.74 Å². The minimum absolute atomic E-state index is 0.0886. The van der Waals surface area contributed by atoms with E-state index in [0.29, 0.717) is 11.7 Å². The molecule has 1 heterocycles. The first-order chi connectivity index (χ1) is 15.1. The van der Waals surface area contributed by atoms with Gasteiger partial charge in [0.1, 0.15) is 11.5 Å². The maximum absolute atomic E-state index is 14.1. The topological polar surface area (TPSA) is 93.3 Å². The standard InChI is InChI=1S/C21H21F4N3O4/c1-31-10-15(11-4-5-16(13(22)7-11)32-21(23,24)25)26-18(30)14-8-17(29)28-19(27-14)20-6-2-3-12(20)9-20/h4-5,7-8,12,15H,2-3,6,9-10H2,1H3,(H,26,30)(H,27,28,29). The third-order valence-corrected chi connectivity index (χ3v) is 6.08. The molecule has 0 spiro atoms. The van der Waals surface area contributed by atoms with Gasteiger partial charge in [-0.05, 0) is 42.9 Å². The molecule has 0 bridgehead atoms. The molecule has 2 N–H and O–H groups in total. The lowest BCUT2D eigenvalue weighted by Crippen LogP contribution is -2.33. The van der Waals surface area contributed by atoms with Gasteiger partial charge in [-0.3, -0.25) is 9.59 Å². The average Bonchev–Trinajstić information content (AvgIpc) is 3.28. The molecule has 2 saturated carbocycles. The van der Waals surface area contributed by atoms with Crippen LogP contribution in [0, 0.1) is 11.7 Å². The third kappa shape index (κ3) is 4.47. The molecule has 32 heavy (non-hydrogen) atoms. The number of amides is 1. The summed E-state index contributed by atoms with van der Waals surface area (Å²) in [6.45, 7) is -0.0906. The van der Waals surface area contributed by atoms with Crippen molar-refractivity contribution in [3.05, 3.63) is 57.5 Å². The molecule has 1 aromatic carbocycles. The molecule has 1 aromatic heterocycles. The molecule has 4 rings (SSSR count). The van der Waals surface area contributed by atoms with Gasteiger partial charge in [-0.1, -0.05) is 12.5 Å². The van der Waals surface area contributed by atoms with Gasteiger partial charge in [0, 0.05) is 18.6 Å². The second kappa shape index (κ2) is 8.19. The van der Waals surface area contributed by atoms with Crippen molar-refractivity contribution in [2.24, 2.45) is 5.92 Å². The number of benzene rings is 1. The Morgan fingerprint density at radius 1 is 1.38 bits per heavy atom. The van der Waals surface area contributed by atoms with Gasteiger partial charge >= 0.3 is 6.36 Å². The minimum Gasteiger partial charge on any atom is -0.403 e. The van der Waals surface area contributed by atoms with Crippen molar-refractivity contribution < 1.29 is 31.8 Å². The molecule has 11 heteroatoms. The number of halogens is 4. The number of nitrogens with zero attached hydrogens (tertiary/aromatic N) is 1. The van der Waals surface area contributed by atoms with Crippen LogP contribution in [0.1, 0.15) is 53.6 Å². The quantitative estimate of drug-likeness (QED) is 0.625. The number of fused-ring (bicyclic) bond motifs is 1. The molecule has 2 aliphatic rings. The van der Waals surface area contributed by atoms with Gasteiger partial charge in [-0.15, -0.1) is 13.2 Å². The van der Waals surface area contributed by atoms with Gasteiger partial charge in [0.2, 0.25) is 0 Å². The van der Waals surface area contributed by atoms with E-state index in [-0.39, 0.29) is 23.3 Å². The molecule has 0 radical (unpaired) electrons. The highest BCUT2D eigenvalue weighted by Gasteiger charge is 2.59. The van der Waals surface area contributed by atoms with Crippen LogP contribution in [-0.2, 0) is 10.2 Å². The number of H-pyrrole nitrogens is 1. The maximum Gasteiger partial charge on any atom is 0.573 e. The summed E-state index contributed by atoms with van der Waals surface area (Å²) in [4.78, 5) is 32.1. The van der Waals surface area contributed by atoms with Crippen LogP contribution >= 0.6 is 0 Å². The van der Waals surface area contributed by atoms with E-state index in [9.17, 15) is 27.2 Å². The van der Waals surface area contributed by atoms with Gasteiger partial charge < -0.3 is 19.8 Å². The first-order valence-electron chi connectivity index (χ1n) is 10.1. The normalized spacial score (nSPS) is 22.8. The number of hydrogen-bond acceptors (Lipinski definition) is 5. The van der Waals surface area contributed by atoms with E-state index in [1.807, 2.05) is 0 Å². The fraction of sp³-hybridized carbons (Fsp3) is 0.476. The first-order valence-corrected chi connectivity index (χ1v) is 10.1. The summed E-state index contributed by atoms with van der Waals surface area (Å²) in [5.41, 5.74) is -0.544. The number of hydrogen-bond donors (Lipinski definition) is 2. The van der Waals surface area contributed by atoms with E-state index < -0.39 is 35.4 Å². The number of aromatic nitrogens is 2. The predicted octanol–water partition coefficient (Wildman–Crippen LogP) is 3.37. The summed E-state index contributed by atoms with van der Waals surface area (Å²) in [6, 6.07) is 3.02. The zero-order chi connectivity index (χ0) is 23.1. The van der Waals surface area contributed by atoms with E-state index >= 15 is 0 Å². The summed E-state index contributed by atoms with van der Waals surface area (Å²) >= 11 is 0. The summed E-state index contributed by atoms with van der Waals surface area (Å²) in [5, 5.41) is 2.61. The molecule has 0 aliphatic heterocycles. The Balaban J connectivity index is 1.55. The van der Waals surface area contributed by atoms with Crippen molar-refractivity contribution in [2.45, 2.75) is 43.5 Å². The number of nitrogens with one attached hydrogen (secondary N) is 2. The van der Waals surface area contributed by atoms with Crippen molar-refractivity contribution >= 4 is 5.91 Å². The molecule has 3 atom stereocenters. The van der Waals surface area contributed by atoms with Crippen LogP contribution in [0.2, 0.25) is 0 Å². The molecule has 2 aliphatic carbocycles. The van der Waals surface area contributed by atoms with Crippen LogP contribution in [0.3, 0.4) is 0 Å². The van der Waals surface area contributed by atoms with Crippen LogP contribution in [0.4, 0.5) is 17.6 Å². The van der Waals surface area contributed by atoms with Gasteiger partial charge in [0.15, 0.2) is 11.6 Å². The van der Waals surface area contributed by atoms with Gasteiger partial charge in [-0.25, -0.2) is 9.37 Å². The van der Waals surface area contributed by atoms with Gasteiger partial charge in [0.05, 0.1) is 12.6 Å². The van der Waals surface area contributed by atoms with E-state index in [2.05, 4.69) is 20.0 Å². The van der Waals surface area contributed by atoms with E-state index in [0.717, 1.165) is 43.9 Å².